The maximum Gasteiger partial charge on any atom is 0.277 e. The van der Waals surface area contributed by atoms with Gasteiger partial charge in [-0.1, -0.05) is 13.3 Å². The van der Waals surface area contributed by atoms with Crippen LogP contribution in [0.15, 0.2) is 47.3 Å². The zero-order chi connectivity index (χ0) is 23.5. The maximum absolute atomic E-state index is 12.9. The summed E-state index contributed by atoms with van der Waals surface area (Å²) in [6.07, 6.45) is 1.61. The lowest BCUT2D eigenvalue weighted by molar-refractivity contribution is 0.100. The number of carbonyl (C=O) groups is 1. The van der Waals surface area contributed by atoms with Crippen molar-refractivity contribution in [1.82, 2.24) is 19.7 Å². The third kappa shape index (κ3) is 4.43. The highest BCUT2D eigenvalue weighted by atomic mass is 16.5. The number of nitrogens with two attached hydrogens (primary N) is 1. The fourth-order valence-corrected chi connectivity index (χ4v) is 3.64. The quantitative estimate of drug-likeness (QED) is 0.425. The number of aromatic nitrogens is 4. The minimum atomic E-state index is -0.506. The van der Waals surface area contributed by atoms with Crippen LogP contribution in [0.25, 0.3) is 22.4 Å². The van der Waals surface area contributed by atoms with Crippen molar-refractivity contribution >= 4 is 16.9 Å². The topological polar surface area (TPSA) is 125 Å². The van der Waals surface area contributed by atoms with Crippen LogP contribution in [0.4, 0.5) is 0 Å². The van der Waals surface area contributed by atoms with Crippen LogP contribution in [0.3, 0.4) is 0 Å². The Balaban J connectivity index is 1.78. The van der Waals surface area contributed by atoms with Gasteiger partial charge in [0, 0.05) is 12.6 Å². The molecule has 4 rings (SSSR count). The van der Waals surface area contributed by atoms with Gasteiger partial charge in [0.25, 0.3) is 5.56 Å². The van der Waals surface area contributed by atoms with Crippen LogP contribution in [0.2, 0.25) is 0 Å². The Morgan fingerprint density at radius 2 is 1.85 bits per heavy atom. The summed E-state index contributed by atoms with van der Waals surface area (Å²) in [5.41, 5.74) is 7.79. The van der Waals surface area contributed by atoms with Crippen LogP contribution in [-0.4, -0.2) is 32.3 Å². The van der Waals surface area contributed by atoms with Gasteiger partial charge in [0.15, 0.2) is 5.52 Å². The molecule has 0 aliphatic carbocycles. The van der Waals surface area contributed by atoms with Gasteiger partial charge >= 0.3 is 0 Å². The molecule has 0 atom stereocenters. The number of benzene rings is 2. The highest BCUT2D eigenvalue weighted by molar-refractivity contribution is 5.92. The number of hydrogen-bond acceptors (Lipinski definition) is 6. The Bertz CT molecular complexity index is 1370. The molecule has 3 N–H and O–H groups in total. The van der Waals surface area contributed by atoms with Crippen molar-refractivity contribution in [3.63, 3.8) is 0 Å². The van der Waals surface area contributed by atoms with Gasteiger partial charge in [-0.3, -0.25) is 14.3 Å². The van der Waals surface area contributed by atoms with Crippen molar-refractivity contribution in [3.8, 4) is 28.6 Å². The second-order valence-electron chi connectivity index (χ2n) is 7.51. The number of H-pyrrole nitrogens is 1. The number of nitrogens with zero attached hydrogens (tertiary/aromatic N) is 3. The van der Waals surface area contributed by atoms with E-state index in [4.69, 9.17) is 20.2 Å². The molecule has 9 nitrogen and oxygen atoms in total. The van der Waals surface area contributed by atoms with Gasteiger partial charge in [0.05, 0.1) is 17.9 Å². The summed E-state index contributed by atoms with van der Waals surface area (Å²) in [5, 5.41) is 4.47. The highest BCUT2D eigenvalue weighted by Crippen LogP contribution is 2.34. The number of primary amides is 1. The first kappa shape index (κ1) is 22.1. The third-order valence-electron chi connectivity index (χ3n) is 5.13. The molecule has 0 saturated carbocycles. The van der Waals surface area contributed by atoms with Crippen LogP contribution in [0.5, 0.6) is 17.2 Å². The van der Waals surface area contributed by atoms with Crippen LogP contribution < -0.4 is 20.8 Å². The number of ether oxygens (including phenoxy) is 2. The Morgan fingerprint density at radius 3 is 2.52 bits per heavy atom. The molecule has 1 amide bonds. The average molecular weight is 447 g/mol. The van der Waals surface area contributed by atoms with E-state index in [0.29, 0.717) is 51.8 Å². The summed E-state index contributed by atoms with van der Waals surface area (Å²) >= 11 is 0. The Hall–Kier alpha value is -4.14. The minimum Gasteiger partial charge on any atom is -0.493 e. The van der Waals surface area contributed by atoms with Crippen molar-refractivity contribution < 1.29 is 14.3 Å². The first-order valence-corrected chi connectivity index (χ1v) is 10.7. The molecule has 2 aromatic heterocycles. The van der Waals surface area contributed by atoms with Crippen molar-refractivity contribution in [1.29, 1.82) is 0 Å². The number of rotatable bonds is 8. The smallest absolute Gasteiger partial charge is 0.277 e. The van der Waals surface area contributed by atoms with Gasteiger partial charge < -0.3 is 20.2 Å². The molecule has 9 heteroatoms. The van der Waals surface area contributed by atoms with E-state index in [1.165, 1.54) is 0 Å². The van der Waals surface area contributed by atoms with E-state index >= 15 is 0 Å². The van der Waals surface area contributed by atoms with E-state index in [-0.39, 0.29) is 5.56 Å². The lowest BCUT2D eigenvalue weighted by Crippen LogP contribution is -2.12. The van der Waals surface area contributed by atoms with E-state index in [2.05, 4.69) is 17.0 Å². The standard InChI is InChI=1S/C24H25N5O4/c1-4-6-18-20-21(29(3)28-18)24(31)27-23(26-20)17-13-16(11-12-19(17)32-5-2)33-15-9-7-14(8-10-15)22(25)30/h7-13H,4-6H2,1-3H3,(H2,25,30)(H,26,27,31). The minimum absolute atomic E-state index is 0.275. The van der Waals surface area contributed by atoms with Crippen LogP contribution >= 0.6 is 0 Å². The van der Waals surface area contributed by atoms with Gasteiger partial charge in [-0.05, 0) is 55.8 Å². The lowest BCUT2D eigenvalue weighted by atomic mass is 10.1. The molecule has 33 heavy (non-hydrogen) atoms. The molecule has 2 heterocycles. The molecule has 170 valence electrons. The monoisotopic (exact) mass is 447 g/mol. The van der Waals surface area contributed by atoms with Gasteiger partial charge in [-0.2, -0.15) is 5.10 Å². The summed E-state index contributed by atoms with van der Waals surface area (Å²) in [4.78, 5) is 31.8. The molecule has 2 aromatic carbocycles. The summed E-state index contributed by atoms with van der Waals surface area (Å²) in [7, 11) is 1.74. The van der Waals surface area contributed by atoms with Crippen molar-refractivity contribution in [2.45, 2.75) is 26.7 Å². The van der Waals surface area contributed by atoms with Gasteiger partial charge in [-0.25, -0.2) is 4.98 Å². The normalized spacial score (nSPS) is 11.0. The second-order valence-corrected chi connectivity index (χ2v) is 7.51. The predicted octanol–water partition coefficient (Wildman–Crippen LogP) is 3.57. The molecule has 0 radical (unpaired) electrons. The first-order chi connectivity index (χ1) is 15.9. The number of carbonyl (C=O) groups excluding carboxylic acids is 1. The molecule has 0 aliphatic heterocycles. The molecular weight excluding hydrogens is 422 g/mol. The fourth-order valence-electron chi connectivity index (χ4n) is 3.64. The molecule has 0 saturated heterocycles. The number of hydrogen-bond donors (Lipinski definition) is 2. The molecule has 0 unspecified atom stereocenters. The summed E-state index contributed by atoms with van der Waals surface area (Å²) in [6, 6.07) is 11.8. The molecule has 0 fully saturated rings. The third-order valence-corrected chi connectivity index (χ3v) is 5.13. The first-order valence-electron chi connectivity index (χ1n) is 10.7. The van der Waals surface area contributed by atoms with E-state index < -0.39 is 5.91 Å². The van der Waals surface area contributed by atoms with Crippen LogP contribution in [0, 0.1) is 0 Å². The van der Waals surface area contributed by atoms with Crippen LogP contribution in [0.1, 0.15) is 36.3 Å². The lowest BCUT2D eigenvalue weighted by Gasteiger charge is -2.13. The van der Waals surface area contributed by atoms with Crippen LogP contribution in [-0.2, 0) is 13.5 Å². The zero-order valence-electron chi connectivity index (χ0n) is 18.7. The van der Waals surface area contributed by atoms with Crippen molar-refractivity contribution in [2.75, 3.05) is 6.61 Å². The summed E-state index contributed by atoms with van der Waals surface area (Å²) in [6.45, 7) is 4.38. The maximum atomic E-state index is 12.9. The number of aromatic amines is 1. The number of fused-ring (bicyclic) bond motifs is 1. The predicted molar refractivity (Wildman–Crippen MR) is 125 cm³/mol. The molecule has 0 bridgehead atoms. The van der Waals surface area contributed by atoms with Crippen molar-refractivity contribution in [3.05, 3.63) is 64.1 Å². The van der Waals surface area contributed by atoms with E-state index in [1.54, 1.807) is 54.2 Å². The Morgan fingerprint density at radius 1 is 1.12 bits per heavy atom. The van der Waals surface area contributed by atoms with Gasteiger partial charge in [-0.15, -0.1) is 0 Å². The second kappa shape index (κ2) is 9.15. The number of nitrogens with one attached hydrogen (secondary N) is 1. The Kier molecular flexibility index (Phi) is 6.12. The van der Waals surface area contributed by atoms with Gasteiger partial charge in [0.2, 0.25) is 5.91 Å². The molecule has 4 aromatic rings. The largest absolute Gasteiger partial charge is 0.493 e. The molecule has 0 aliphatic rings. The van der Waals surface area contributed by atoms with Crippen molar-refractivity contribution in [2.24, 2.45) is 12.8 Å². The van der Waals surface area contributed by atoms with E-state index in [9.17, 15) is 9.59 Å². The summed E-state index contributed by atoms with van der Waals surface area (Å²) < 4.78 is 13.3. The average Bonchev–Trinajstić information content (AvgIpc) is 3.11. The molecular formula is C24H25N5O4. The number of amides is 1. The summed E-state index contributed by atoms with van der Waals surface area (Å²) in [5.74, 6) is 1.48. The zero-order valence-corrected chi connectivity index (χ0v) is 18.7. The van der Waals surface area contributed by atoms with Gasteiger partial charge in [0.1, 0.15) is 28.6 Å². The fraction of sp³-hybridized carbons (Fsp3) is 0.250. The number of aryl methyl sites for hydroxylation is 2. The van der Waals surface area contributed by atoms with E-state index in [0.717, 1.165) is 18.5 Å². The highest BCUT2D eigenvalue weighted by Gasteiger charge is 2.18. The SMILES string of the molecule is CCCc1nn(C)c2c(=O)[nH]c(-c3cc(Oc4ccc(C(N)=O)cc4)ccc3OCC)nc12. The molecule has 0 spiro atoms. The Labute approximate surface area is 190 Å². The van der Waals surface area contributed by atoms with E-state index in [1.807, 2.05) is 6.92 Å².